The molecule has 6 heteroatoms. The standard InChI is InChI=1S/C9H16N2O3S/c12-9(10-7-3-4-7)11-8-2-1-5-15(13,14)6-8/h7-8H,1-6H2,(H2,10,11,12). The lowest BCUT2D eigenvalue weighted by Gasteiger charge is -2.23. The van der Waals surface area contributed by atoms with Crippen molar-refractivity contribution in [3.63, 3.8) is 0 Å². The highest BCUT2D eigenvalue weighted by molar-refractivity contribution is 7.91. The van der Waals surface area contributed by atoms with E-state index in [1.165, 1.54) is 0 Å². The summed E-state index contributed by atoms with van der Waals surface area (Å²) >= 11 is 0. The zero-order valence-electron chi connectivity index (χ0n) is 8.53. The summed E-state index contributed by atoms with van der Waals surface area (Å²) in [5, 5.41) is 5.50. The number of urea groups is 1. The van der Waals surface area contributed by atoms with Crippen molar-refractivity contribution in [2.24, 2.45) is 0 Å². The van der Waals surface area contributed by atoms with Crippen LogP contribution in [0.2, 0.25) is 0 Å². The second-order valence-electron chi connectivity index (χ2n) is 4.35. The molecule has 0 aromatic heterocycles. The van der Waals surface area contributed by atoms with E-state index in [2.05, 4.69) is 10.6 Å². The Morgan fingerprint density at radius 3 is 2.33 bits per heavy atom. The van der Waals surface area contributed by atoms with Gasteiger partial charge in [-0.15, -0.1) is 0 Å². The van der Waals surface area contributed by atoms with Crippen molar-refractivity contribution in [3.8, 4) is 0 Å². The molecule has 0 aromatic rings. The Labute approximate surface area is 89.5 Å². The van der Waals surface area contributed by atoms with E-state index in [9.17, 15) is 13.2 Å². The minimum absolute atomic E-state index is 0.0884. The van der Waals surface area contributed by atoms with Gasteiger partial charge in [0.25, 0.3) is 0 Å². The van der Waals surface area contributed by atoms with E-state index < -0.39 is 9.84 Å². The van der Waals surface area contributed by atoms with Crippen molar-refractivity contribution < 1.29 is 13.2 Å². The van der Waals surface area contributed by atoms with E-state index in [-0.39, 0.29) is 23.6 Å². The molecule has 0 bridgehead atoms. The lowest BCUT2D eigenvalue weighted by molar-refractivity contribution is 0.236. The maximum atomic E-state index is 11.4. The fraction of sp³-hybridized carbons (Fsp3) is 0.889. The highest BCUT2D eigenvalue weighted by atomic mass is 32.2. The molecular weight excluding hydrogens is 216 g/mol. The predicted molar refractivity (Wildman–Crippen MR) is 56.4 cm³/mol. The molecule has 0 radical (unpaired) electrons. The van der Waals surface area contributed by atoms with Crippen LogP contribution in [0.5, 0.6) is 0 Å². The van der Waals surface area contributed by atoms with Gasteiger partial charge in [-0.2, -0.15) is 0 Å². The fourth-order valence-electron chi connectivity index (χ4n) is 1.78. The quantitative estimate of drug-likeness (QED) is 0.705. The largest absolute Gasteiger partial charge is 0.335 e. The van der Waals surface area contributed by atoms with Crippen LogP contribution in [0.25, 0.3) is 0 Å². The first-order chi connectivity index (χ1) is 7.05. The summed E-state index contributed by atoms with van der Waals surface area (Å²) in [5.41, 5.74) is 0. The molecule has 2 fully saturated rings. The second-order valence-corrected chi connectivity index (χ2v) is 6.57. The van der Waals surface area contributed by atoms with Crippen LogP contribution in [-0.2, 0) is 9.84 Å². The SMILES string of the molecule is O=C(NC1CC1)NC1CCCS(=O)(=O)C1. The molecule has 0 aromatic carbocycles. The smallest absolute Gasteiger partial charge is 0.315 e. The number of hydrogen-bond donors (Lipinski definition) is 2. The molecule has 2 aliphatic rings. The highest BCUT2D eigenvalue weighted by Gasteiger charge is 2.28. The number of carbonyl (C=O) groups excluding carboxylic acids is 1. The second kappa shape index (κ2) is 4.00. The van der Waals surface area contributed by atoms with Crippen molar-refractivity contribution in [1.82, 2.24) is 10.6 Å². The Morgan fingerprint density at radius 2 is 1.73 bits per heavy atom. The van der Waals surface area contributed by atoms with Crippen LogP contribution in [0.15, 0.2) is 0 Å². The zero-order chi connectivity index (χ0) is 10.9. The van der Waals surface area contributed by atoms with Crippen LogP contribution in [0, 0.1) is 0 Å². The summed E-state index contributed by atoms with van der Waals surface area (Å²) in [6.07, 6.45) is 3.49. The van der Waals surface area contributed by atoms with Crippen LogP contribution >= 0.6 is 0 Å². The lowest BCUT2D eigenvalue weighted by Crippen LogP contribution is -2.47. The number of carbonyl (C=O) groups is 1. The Kier molecular flexibility index (Phi) is 2.86. The molecule has 0 spiro atoms. The van der Waals surface area contributed by atoms with Gasteiger partial charge in [0.15, 0.2) is 9.84 Å². The molecule has 1 aliphatic carbocycles. The van der Waals surface area contributed by atoms with Crippen molar-refractivity contribution in [2.75, 3.05) is 11.5 Å². The number of rotatable bonds is 2. The minimum atomic E-state index is -2.93. The Balaban J connectivity index is 1.80. The first-order valence-electron chi connectivity index (χ1n) is 5.33. The topological polar surface area (TPSA) is 75.3 Å². The molecule has 1 saturated carbocycles. The van der Waals surface area contributed by atoms with E-state index >= 15 is 0 Å². The maximum Gasteiger partial charge on any atom is 0.315 e. The van der Waals surface area contributed by atoms with Crippen molar-refractivity contribution >= 4 is 15.9 Å². The summed E-state index contributed by atoms with van der Waals surface area (Å²) < 4.78 is 22.6. The molecule has 5 nitrogen and oxygen atoms in total. The van der Waals surface area contributed by atoms with Gasteiger partial charge in [-0.05, 0) is 25.7 Å². The molecule has 1 atom stereocenters. The summed E-state index contributed by atoms with van der Waals surface area (Å²) in [7, 11) is -2.93. The first kappa shape index (κ1) is 10.7. The number of amides is 2. The maximum absolute atomic E-state index is 11.4. The van der Waals surface area contributed by atoms with E-state index in [0.29, 0.717) is 12.5 Å². The van der Waals surface area contributed by atoms with Gasteiger partial charge in [0.05, 0.1) is 11.5 Å². The molecule has 2 N–H and O–H groups in total. The molecule has 1 heterocycles. The summed E-state index contributed by atoms with van der Waals surface area (Å²) in [6.45, 7) is 0. The molecule has 2 amide bonds. The first-order valence-corrected chi connectivity index (χ1v) is 7.15. The summed E-state index contributed by atoms with van der Waals surface area (Å²) in [4.78, 5) is 11.4. The molecule has 1 aliphatic heterocycles. The third-order valence-corrected chi connectivity index (χ3v) is 4.53. The molecule has 2 rings (SSSR count). The van der Waals surface area contributed by atoms with E-state index in [1.54, 1.807) is 0 Å². The van der Waals surface area contributed by atoms with Crippen molar-refractivity contribution in [1.29, 1.82) is 0 Å². The Morgan fingerprint density at radius 1 is 1.07 bits per heavy atom. The van der Waals surface area contributed by atoms with Crippen molar-refractivity contribution in [2.45, 2.75) is 37.8 Å². The highest BCUT2D eigenvalue weighted by Crippen LogP contribution is 2.18. The van der Waals surface area contributed by atoms with Gasteiger partial charge < -0.3 is 10.6 Å². The van der Waals surface area contributed by atoms with Crippen LogP contribution in [0.1, 0.15) is 25.7 Å². The molecule has 1 saturated heterocycles. The van der Waals surface area contributed by atoms with Gasteiger partial charge >= 0.3 is 6.03 Å². The van der Waals surface area contributed by atoms with Gasteiger partial charge in [0.2, 0.25) is 0 Å². The van der Waals surface area contributed by atoms with Crippen LogP contribution in [-0.4, -0.2) is 38.0 Å². The van der Waals surface area contributed by atoms with Crippen LogP contribution < -0.4 is 10.6 Å². The number of hydrogen-bond acceptors (Lipinski definition) is 3. The minimum Gasteiger partial charge on any atom is -0.335 e. The third kappa shape index (κ3) is 3.37. The zero-order valence-corrected chi connectivity index (χ0v) is 9.35. The lowest BCUT2D eigenvalue weighted by atomic mass is 10.2. The molecule has 1 unspecified atom stereocenters. The summed E-state index contributed by atoms with van der Waals surface area (Å²) in [6, 6.07) is -0.118. The molecule has 86 valence electrons. The summed E-state index contributed by atoms with van der Waals surface area (Å²) in [5.74, 6) is 0.348. The Bertz CT molecular complexity index is 348. The van der Waals surface area contributed by atoms with Gasteiger partial charge in [-0.3, -0.25) is 0 Å². The fourth-order valence-corrected chi connectivity index (χ4v) is 3.41. The normalized spacial score (nSPS) is 29.5. The monoisotopic (exact) mass is 232 g/mol. The molecule has 15 heavy (non-hydrogen) atoms. The molecular formula is C9H16N2O3S. The van der Waals surface area contributed by atoms with Crippen LogP contribution in [0.4, 0.5) is 4.79 Å². The van der Waals surface area contributed by atoms with Gasteiger partial charge in [0.1, 0.15) is 0 Å². The van der Waals surface area contributed by atoms with Gasteiger partial charge in [0, 0.05) is 12.1 Å². The van der Waals surface area contributed by atoms with E-state index in [4.69, 9.17) is 0 Å². The van der Waals surface area contributed by atoms with Gasteiger partial charge in [-0.1, -0.05) is 0 Å². The Hall–Kier alpha value is -0.780. The van der Waals surface area contributed by atoms with Crippen molar-refractivity contribution in [3.05, 3.63) is 0 Å². The van der Waals surface area contributed by atoms with Crippen LogP contribution in [0.3, 0.4) is 0 Å². The number of sulfone groups is 1. The predicted octanol–water partition coefficient (Wildman–Crippen LogP) is 0.0252. The average Bonchev–Trinajstić information content (AvgIpc) is 2.85. The average molecular weight is 232 g/mol. The van der Waals surface area contributed by atoms with Gasteiger partial charge in [-0.25, -0.2) is 13.2 Å². The third-order valence-electron chi connectivity index (χ3n) is 2.71. The van der Waals surface area contributed by atoms with E-state index in [1.807, 2.05) is 0 Å². The number of nitrogens with one attached hydrogen (secondary N) is 2. The van der Waals surface area contributed by atoms with E-state index in [0.717, 1.165) is 19.3 Å².